The fourth-order valence-corrected chi connectivity index (χ4v) is 1.71. The summed E-state index contributed by atoms with van der Waals surface area (Å²) in [5.41, 5.74) is 7.15. The van der Waals surface area contributed by atoms with E-state index in [2.05, 4.69) is 4.98 Å². The number of halogens is 3. The monoisotopic (exact) mass is 276 g/mol. The van der Waals surface area contributed by atoms with Gasteiger partial charge in [0.25, 0.3) is 0 Å². The van der Waals surface area contributed by atoms with Crippen molar-refractivity contribution in [2.24, 2.45) is 5.73 Å². The highest BCUT2D eigenvalue weighted by molar-refractivity contribution is 6.64. The molecule has 1 heterocycles. The van der Waals surface area contributed by atoms with Gasteiger partial charge in [0.15, 0.2) is 0 Å². The number of aromatic nitrogens is 1. The van der Waals surface area contributed by atoms with Gasteiger partial charge in [0, 0.05) is 17.1 Å². The fraction of sp³-hybridized carbons (Fsp3) is 0.182. The lowest BCUT2D eigenvalue weighted by molar-refractivity contribution is -0.112. The first-order valence-corrected chi connectivity index (χ1v) is 5.16. The zero-order valence-corrected chi connectivity index (χ0v) is 10.3. The fourth-order valence-electron chi connectivity index (χ4n) is 1.64. The molecule has 0 bridgehead atoms. The molecule has 3 nitrogen and oxygen atoms in total. The highest BCUT2D eigenvalue weighted by Gasteiger charge is 2.14. The topological polar surface area (TPSA) is 58.9 Å². The van der Waals surface area contributed by atoms with Crippen molar-refractivity contribution in [3.05, 3.63) is 35.8 Å². The first kappa shape index (κ1) is 14.0. The number of nitrogens with one attached hydrogen (secondary N) is 1. The molecule has 6 heteroatoms. The van der Waals surface area contributed by atoms with Gasteiger partial charge in [-0.05, 0) is 41.8 Å². The minimum Gasteiger partial charge on any atom is -0.361 e. The average molecular weight is 277 g/mol. The molecule has 2 aromatic rings. The third-order valence-corrected chi connectivity index (χ3v) is 2.74. The molecule has 0 saturated carbocycles. The van der Waals surface area contributed by atoms with Crippen molar-refractivity contribution in [2.45, 2.75) is 12.5 Å². The number of fused-ring (bicyclic) bond motifs is 1. The van der Waals surface area contributed by atoms with E-state index in [-0.39, 0.29) is 18.2 Å². The zero-order chi connectivity index (χ0) is 11.7. The normalized spacial score (nSPS) is 12.2. The molecule has 1 aromatic heterocycles. The van der Waals surface area contributed by atoms with Gasteiger partial charge in [0.2, 0.25) is 5.24 Å². The lowest BCUT2D eigenvalue weighted by atomic mass is 10.1. The van der Waals surface area contributed by atoms with Crippen LogP contribution in [0.15, 0.2) is 24.4 Å². The van der Waals surface area contributed by atoms with E-state index in [9.17, 15) is 9.18 Å². The van der Waals surface area contributed by atoms with E-state index in [1.165, 1.54) is 12.1 Å². The van der Waals surface area contributed by atoms with Gasteiger partial charge in [-0.1, -0.05) is 0 Å². The van der Waals surface area contributed by atoms with Crippen LogP contribution in [0.2, 0.25) is 0 Å². The largest absolute Gasteiger partial charge is 0.361 e. The molecular weight excluding hydrogens is 266 g/mol. The predicted octanol–water partition coefficient (Wildman–Crippen LogP) is 2.36. The minimum atomic E-state index is -0.760. The van der Waals surface area contributed by atoms with E-state index in [4.69, 9.17) is 17.3 Å². The van der Waals surface area contributed by atoms with Crippen molar-refractivity contribution in [2.75, 3.05) is 0 Å². The number of rotatable bonds is 3. The Morgan fingerprint density at radius 3 is 2.88 bits per heavy atom. The van der Waals surface area contributed by atoms with Gasteiger partial charge in [-0.15, -0.1) is 12.4 Å². The minimum absolute atomic E-state index is 0. The Kier molecular flexibility index (Phi) is 4.51. The first-order chi connectivity index (χ1) is 7.58. The Labute approximate surface area is 109 Å². The molecule has 0 fully saturated rings. The maximum atomic E-state index is 13.1. The van der Waals surface area contributed by atoms with Crippen LogP contribution in [0, 0.1) is 5.82 Å². The van der Waals surface area contributed by atoms with Crippen LogP contribution in [-0.4, -0.2) is 16.3 Å². The summed E-state index contributed by atoms with van der Waals surface area (Å²) in [5.74, 6) is -0.320. The van der Waals surface area contributed by atoms with Crippen molar-refractivity contribution in [3.8, 4) is 0 Å². The highest BCUT2D eigenvalue weighted by atomic mass is 35.5. The smallest absolute Gasteiger partial charge is 0.238 e. The van der Waals surface area contributed by atoms with Gasteiger partial charge in [0.1, 0.15) is 5.82 Å². The van der Waals surface area contributed by atoms with Crippen LogP contribution >= 0.6 is 24.0 Å². The molecule has 0 spiro atoms. The zero-order valence-electron chi connectivity index (χ0n) is 8.74. The number of carbonyl (C=O) groups excluding carboxylic acids is 1. The van der Waals surface area contributed by atoms with Crippen LogP contribution in [0.1, 0.15) is 5.56 Å². The van der Waals surface area contributed by atoms with Gasteiger partial charge >= 0.3 is 0 Å². The average Bonchev–Trinajstić information content (AvgIpc) is 2.61. The third kappa shape index (κ3) is 2.97. The standard InChI is InChI=1S/C11H10ClFN2O.ClH/c12-11(16)9(14)3-6-5-15-10-2-1-7(13)4-8(6)10;/h1-2,4-5,9,15H,3,14H2;1H/t9-;/m0./s1. The molecule has 3 N–H and O–H groups in total. The van der Waals surface area contributed by atoms with Gasteiger partial charge in [-0.2, -0.15) is 0 Å². The summed E-state index contributed by atoms with van der Waals surface area (Å²) in [4.78, 5) is 13.8. The molecule has 0 amide bonds. The summed E-state index contributed by atoms with van der Waals surface area (Å²) in [6.07, 6.45) is 2.01. The van der Waals surface area contributed by atoms with Gasteiger partial charge in [-0.3, -0.25) is 4.79 Å². The maximum absolute atomic E-state index is 13.1. The quantitative estimate of drug-likeness (QED) is 0.846. The van der Waals surface area contributed by atoms with Crippen molar-refractivity contribution in [3.63, 3.8) is 0 Å². The maximum Gasteiger partial charge on any atom is 0.238 e. The van der Waals surface area contributed by atoms with E-state index in [0.717, 1.165) is 16.5 Å². The Morgan fingerprint density at radius 1 is 1.53 bits per heavy atom. The van der Waals surface area contributed by atoms with Crippen molar-refractivity contribution >= 4 is 40.2 Å². The molecule has 1 atom stereocenters. The molecule has 92 valence electrons. The highest BCUT2D eigenvalue weighted by Crippen LogP contribution is 2.20. The number of hydrogen-bond donors (Lipinski definition) is 2. The molecule has 2 rings (SSSR count). The van der Waals surface area contributed by atoms with Crippen LogP contribution in [0.4, 0.5) is 4.39 Å². The van der Waals surface area contributed by atoms with Crippen LogP contribution in [0.3, 0.4) is 0 Å². The Hall–Kier alpha value is -1.10. The van der Waals surface area contributed by atoms with Crippen LogP contribution in [-0.2, 0) is 11.2 Å². The van der Waals surface area contributed by atoms with E-state index in [0.29, 0.717) is 6.42 Å². The van der Waals surface area contributed by atoms with Crippen LogP contribution in [0.25, 0.3) is 10.9 Å². The first-order valence-electron chi connectivity index (χ1n) is 4.78. The van der Waals surface area contributed by atoms with Gasteiger partial charge in [0.05, 0.1) is 6.04 Å². The number of H-pyrrole nitrogens is 1. The van der Waals surface area contributed by atoms with E-state index < -0.39 is 11.3 Å². The van der Waals surface area contributed by atoms with E-state index >= 15 is 0 Å². The van der Waals surface area contributed by atoms with Crippen molar-refractivity contribution in [1.29, 1.82) is 0 Å². The van der Waals surface area contributed by atoms with Crippen LogP contribution < -0.4 is 5.73 Å². The second-order valence-corrected chi connectivity index (χ2v) is 3.99. The van der Waals surface area contributed by atoms with Gasteiger partial charge < -0.3 is 10.7 Å². The lowest BCUT2D eigenvalue weighted by Crippen LogP contribution is -2.29. The summed E-state index contributed by atoms with van der Waals surface area (Å²) >= 11 is 5.28. The van der Waals surface area contributed by atoms with Crippen molar-refractivity contribution in [1.82, 2.24) is 4.98 Å². The molecule has 0 aliphatic rings. The number of benzene rings is 1. The molecule has 0 aliphatic heterocycles. The third-order valence-electron chi connectivity index (χ3n) is 2.46. The second kappa shape index (κ2) is 5.49. The Bertz CT molecular complexity index is 541. The second-order valence-electron chi connectivity index (χ2n) is 3.62. The lowest BCUT2D eigenvalue weighted by Gasteiger charge is -2.04. The summed E-state index contributed by atoms with van der Waals surface area (Å²) in [6, 6.07) is 3.66. The molecule has 1 aromatic carbocycles. The van der Waals surface area contributed by atoms with E-state index in [1.807, 2.05) is 0 Å². The molecule has 17 heavy (non-hydrogen) atoms. The van der Waals surface area contributed by atoms with E-state index in [1.54, 1.807) is 12.3 Å². The number of nitrogens with two attached hydrogens (primary N) is 1. The summed E-state index contributed by atoms with van der Waals surface area (Å²) in [6.45, 7) is 0. The molecule has 0 unspecified atom stereocenters. The number of hydrogen-bond acceptors (Lipinski definition) is 2. The van der Waals surface area contributed by atoms with Crippen LogP contribution in [0.5, 0.6) is 0 Å². The Morgan fingerprint density at radius 2 is 2.24 bits per heavy atom. The summed E-state index contributed by atoms with van der Waals surface area (Å²) < 4.78 is 13.1. The SMILES string of the molecule is Cl.N[C@@H](Cc1c[nH]c2ccc(F)cc12)C(=O)Cl. The summed E-state index contributed by atoms with van der Waals surface area (Å²) in [7, 11) is 0. The Balaban J connectivity index is 0.00000144. The molecule has 0 saturated heterocycles. The molecular formula is C11H11Cl2FN2O. The predicted molar refractivity (Wildman–Crippen MR) is 68.0 cm³/mol. The number of carbonyl (C=O) groups is 1. The number of aromatic amines is 1. The van der Waals surface area contributed by atoms with Crippen molar-refractivity contribution < 1.29 is 9.18 Å². The van der Waals surface area contributed by atoms with Gasteiger partial charge in [-0.25, -0.2) is 4.39 Å². The molecule has 0 aliphatic carbocycles. The molecule has 0 radical (unpaired) electrons. The summed E-state index contributed by atoms with van der Waals surface area (Å²) in [5, 5.41) is 0.138.